The first-order chi connectivity index (χ1) is 13.2. The van der Waals surface area contributed by atoms with Crippen LogP contribution in [0, 0.1) is 5.92 Å². The zero-order chi connectivity index (χ0) is 18.8. The maximum absolute atomic E-state index is 12.6. The van der Waals surface area contributed by atoms with Gasteiger partial charge in [0.2, 0.25) is 11.8 Å². The topological polar surface area (TPSA) is 80.1 Å². The fourth-order valence-electron chi connectivity index (χ4n) is 3.93. The zero-order valence-corrected chi connectivity index (χ0v) is 15.6. The molecule has 1 fully saturated rings. The molecule has 1 saturated heterocycles. The summed E-state index contributed by atoms with van der Waals surface area (Å²) in [5.41, 5.74) is 1.68. The normalized spacial score (nSPS) is 19.7. The number of anilines is 1. The molecule has 7 nitrogen and oxygen atoms in total. The molecule has 0 saturated carbocycles. The average Bonchev–Trinajstić information content (AvgIpc) is 3.17. The van der Waals surface area contributed by atoms with E-state index in [1.54, 1.807) is 4.90 Å². The number of nitrogens with one attached hydrogen (secondary N) is 1. The molecule has 27 heavy (non-hydrogen) atoms. The first kappa shape index (κ1) is 17.7. The summed E-state index contributed by atoms with van der Waals surface area (Å²) in [6.45, 7) is 4.02. The van der Waals surface area contributed by atoms with Gasteiger partial charge in [-0.2, -0.15) is 0 Å². The van der Waals surface area contributed by atoms with Crippen molar-refractivity contribution in [3.63, 3.8) is 0 Å². The number of rotatable bonds is 4. The predicted octanol–water partition coefficient (Wildman–Crippen LogP) is 2.48. The molecule has 0 radical (unpaired) electrons. The molecular weight excluding hydrogens is 342 g/mol. The van der Waals surface area contributed by atoms with Gasteiger partial charge >= 0.3 is 0 Å². The molecule has 1 unspecified atom stereocenters. The second kappa shape index (κ2) is 7.50. The van der Waals surface area contributed by atoms with Crippen molar-refractivity contribution in [1.29, 1.82) is 0 Å². The standard InChI is InChI=1S/C20H25N5O2/c1-2-24-13-15(12-18(24)26)20(27)21-16-8-6-7-14(11-16)19-23-22-17-9-4-3-5-10-25(17)19/h6-8,11,15H,2-5,9-10,12-13H2,1H3,(H,21,27). The Morgan fingerprint density at radius 2 is 2.15 bits per heavy atom. The lowest BCUT2D eigenvalue weighted by Gasteiger charge is -2.14. The Labute approximate surface area is 158 Å². The number of fused-ring (bicyclic) bond motifs is 1. The van der Waals surface area contributed by atoms with Crippen molar-refractivity contribution in [2.45, 2.75) is 45.6 Å². The first-order valence-electron chi connectivity index (χ1n) is 9.77. The summed E-state index contributed by atoms with van der Waals surface area (Å²) in [6.07, 6.45) is 4.76. The minimum atomic E-state index is -0.287. The lowest BCUT2D eigenvalue weighted by Crippen LogP contribution is -2.28. The van der Waals surface area contributed by atoms with Gasteiger partial charge in [-0.25, -0.2) is 0 Å². The van der Waals surface area contributed by atoms with E-state index in [0.29, 0.717) is 13.1 Å². The predicted molar refractivity (Wildman–Crippen MR) is 102 cm³/mol. The van der Waals surface area contributed by atoms with Crippen LogP contribution in [-0.4, -0.2) is 44.6 Å². The van der Waals surface area contributed by atoms with Crippen molar-refractivity contribution in [3.8, 4) is 11.4 Å². The van der Waals surface area contributed by atoms with Crippen LogP contribution in [0.5, 0.6) is 0 Å². The van der Waals surface area contributed by atoms with E-state index >= 15 is 0 Å². The highest BCUT2D eigenvalue weighted by Gasteiger charge is 2.33. The molecule has 142 valence electrons. The molecule has 1 aromatic carbocycles. The van der Waals surface area contributed by atoms with Gasteiger partial charge in [0.15, 0.2) is 5.82 Å². The number of aromatic nitrogens is 3. The van der Waals surface area contributed by atoms with Crippen LogP contribution < -0.4 is 5.32 Å². The Morgan fingerprint density at radius 1 is 1.26 bits per heavy atom. The summed E-state index contributed by atoms with van der Waals surface area (Å²) in [5.74, 6) is 1.57. The lowest BCUT2D eigenvalue weighted by atomic mass is 10.1. The molecule has 0 spiro atoms. The third-order valence-corrected chi connectivity index (χ3v) is 5.46. The molecule has 3 heterocycles. The van der Waals surface area contributed by atoms with E-state index in [1.807, 2.05) is 31.2 Å². The molecule has 0 bridgehead atoms. The van der Waals surface area contributed by atoms with Crippen LogP contribution in [0.25, 0.3) is 11.4 Å². The van der Waals surface area contributed by atoms with E-state index in [4.69, 9.17) is 0 Å². The van der Waals surface area contributed by atoms with Gasteiger partial charge in [0.1, 0.15) is 5.82 Å². The molecule has 1 N–H and O–H groups in total. The number of carbonyl (C=O) groups is 2. The van der Waals surface area contributed by atoms with Crippen molar-refractivity contribution in [2.24, 2.45) is 5.92 Å². The van der Waals surface area contributed by atoms with Gasteiger partial charge in [-0.1, -0.05) is 18.6 Å². The van der Waals surface area contributed by atoms with Gasteiger partial charge in [0, 0.05) is 43.7 Å². The second-order valence-electron chi connectivity index (χ2n) is 7.31. The van der Waals surface area contributed by atoms with Crippen LogP contribution in [0.4, 0.5) is 5.69 Å². The highest BCUT2D eigenvalue weighted by atomic mass is 16.2. The van der Waals surface area contributed by atoms with E-state index < -0.39 is 0 Å². The maximum atomic E-state index is 12.6. The van der Waals surface area contributed by atoms with Crippen LogP contribution in [-0.2, 0) is 22.6 Å². The molecule has 1 aromatic heterocycles. The largest absolute Gasteiger partial charge is 0.342 e. The molecule has 4 rings (SSSR count). The van der Waals surface area contributed by atoms with Gasteiger partial charge in [0.05, 0.1) is 5.92 Å². The Kier molecular flexibility index (Phi) is 4.92. The molecule has 2 aliphatic heterocycles. The molecule has 1 atom stereocenters. The Hall–Kier alpha value is -2.70. The Morgan fingerprint density at radius 3 is 2.96 bits per heavy atom. The first-order valence-corrected chi connectivity index (χ1v) is 9.77. The summed E-state index contributed by atoms with van der Waals surface area (Å²) in [7, 11) is 0. The second-order valence-corrected chi connectivity index (χ2v) is 7.31. The van der Waals surface area contributed by atoms with E-state index in [0.717, 1.165) is 48.7 Å². The third-order valence-electron chi connectivity index (χ3n) is 5.46. The molecule has 0 aliphatic carbocycles. The molecule has 2 aliphatic rings. The number of likely N-dealkylation sites (tertiary alicyclic amines) is 1. The molecule has 2 aromatic rings. The van der Waals surface area contributed by atoms with E-state index in [2.05, 4.69) is 20.1 Å². The smallest absolute Gasteiger partial charge is 0.229 e. The SMILES string of the molecule is CCN1CC(C(=O)Nc2cccc(-c3nnc4n3CCCCC4)c2)CC1=O. The highest BCUT2D eigenvalue weighted by Crippen LogP contribution is 2.26. The van der Waals surface area contributed by atoms with E-state index in [1.165, 1.54) is 6.42 Å². The summed E-state index contributed by atoms with van der Waals surface area (Å²) >= 11 is 0. The minimum Gasteiger partial charge on any atom is -0.342 e. The Bertz CT molecular complexity index is 860. The van der Waals surface area contributed by atoms with Gasteiger partial charge in [-0.05, 0) is 31.9 Å². The van der Waals surface area contributed by atoms with Gasteiger partial charge in [-0.3, -0.25) is 9.59 Å². The summed E-state index contributed by atoms with van der Waals surface area (Å²) in [6, 6.07) is 7.72. The van der Waals surface area contributed by atoms with Crippen LogP contribution in [0.2, 0.25) is 0 Å². The molecular formula is C20H25N5O2. The number of benzene rings is 1. The average molecular weight is 367 g/mol. The number of nitrogens with zero attached hydrogens (tertiary/aromatic N) is 4. The van der Waals surface area contributed by atoms with Crippen molar-refractivity contribution >= 4 is 17.5 Å². The fraction of sp³-hybridized carbons (Fsp3) is 0.500. The fourth-order valence-corrected chi connectivity index (χ4v) is 3.93. The number of aryl methyl sites for hydroxylation is 1. The van der Waals surface area contributed by atoms with Gasteiger partial charge < -0.3 is 14.8 Å². The van der Waals surface area contributed by atoms with Crippen LogP contribution >= 0.6 is 0 Å². The quantitative estimate of drug-likeness (QED) is 0.900. The van der Waals surface area contributed by atoms with E-state index in [9.17, 15) is 9.59 Å². The Balaban J connectivity index is 1.51. The number of hydrogen-bond donors (Lipinski definition) is 1. The third kappa shape index (κ3) is 3.59. The zero-order valence-electron chi connectivity index (χ0n) is 15.6. The summed E-state index contributed by atoms with van der Waals surface area (Å²) < 4.78 is 2.20. The van der Waals surface area contributed by atoms with Crippen molar-refractivity contribution < 1.29 is 9.59 Å². The van der Waals surface area contributed by atoms with Crippen molar-refractivity contribution in [3.05, 3.63) is 30.1 Å². The number of hydrogen-bond acceptors (Lipinski definition) is 4. The van der Waals surface area contributed by atoms with Crippen LogP contribution in [0.3, 0.4) is 0 Å². The van der Waals surface area contributed by atoms with Crippen molar-refractivity contribution in [2.75, 3.05) is 18.4 Å². The van der Waals surface area contributed by atoms with Crippen molar-refractivity contribution in [1.82, 2.24) is 19.7 Å². The highest BCUT2D eigenvalue weighted by molar-refractivity contribution is 5.97. The van der Waals surface area contributed by atoms with Gasteiger partial charge in [-0.15, -0.1) is 10.2 Å². The number of carbonyl (C=O) groups excluding carboxylic acids is 2. The number of amides is 2. The minimum absolute atomic E-state index is 0.0533. The summed E-state index contributed by atoms with van der Waals surface area (Å²) in [5, 5.41) is 11.7. The van der Waals surface area contributed by atoms with E-state index in [-0.39, 0.29) is 24.2 Å². The maximum Gasteiger partial charge on any atom is 0.229 e. The van der Waals surface area contributed by atoms with Crippen LogP contribution in [0.15, 0.2) is 24.3 Å². The van der Waals surface area contributed by atoms with Crippen LogP contribution in [0.1, 0.15) is 38.4 Å². The molecule has 7 heteroatoms. The lowest BCUT2D eigenvalue weighted by molar-refractivity contribution is -0.128. The molecule has 2 amide bonds. The van der Waals surface area contributed by atoms with Gasteiger partial charge in [0.25, 0.3) is 0 Å². The monoisotopic (exact) mass is 367 g/mol. The summed E-state index contributed by atoms with van der Waals surface area (Å²) in [4.78, 5) is 26.2.